The largest absolute Gasteiger partial charge is 0.490 e. The van der Waals surface area contributed by atoms with Gasteiger partial charge in [-0.25, -0.2) is 0 Å². The molecule has 0 amide bonds. The summed E-state index contributed by atoms with van der Waals surface area (Å²) in [6.45, 7) is 3.91. The van der Waals surface area contributed by atoms with E-state index in [9.17, 15) is 9.59 Å². The maximum atomic E-state index is 13.5. The molecule has 0 atom stereocenters. The molecule has 0 saturated carbocycles. The molecule has 1 aliphatic heterocycles. The van der Waals surface area contributed by atoms with Crippen LogP contribution < -0.4 is 9.47 Å². The van der Waals surface area contributed by atoms with Crippen molar-refractivity contribution in [3.05, 3.63) is 78.7 Å². The van der Waals surface area contributed by atoms with Gasteiger partial charge in [0.2, 0.25) is 0 Å². The van der Waals surface area contributed by atoms with Gasteiger partial charge in [-0.1, -0.05) is 23.7 Å². The van der Waals surface area contributed by atoms with Gasteiger partial charge < -0.3 is 19.1 Å². The summed E-state index contributed by atoms with van der Waals surface area (Å²) in [5.74, 6) is 1.11. The Bertz CT molecular complexity index is 1310. The molecule has 3 aliphatic rings. The molecule has 39 heavy (non-hydrogen) atoms. The summed E-state index contributed by atoms with van der Waals surface area (Å²) in [6.07, 6.45) is 4.29. The molecule has 8 heteroatoms. The average molecular weight is 662 g/mol. The number of carbonyl (C=O) groups is 2. The molecule has 1 heterocycles. The minimum Gasteiger partial charge on any atom is -0.490 e. The number of nitrogens with zero attached hydrogens (tertiary/aromatic N) is 1. The van der Waals surface area contributed by atoms with Gasteiger partial charge in [-0.05, 0) is 90.6 Å². The van der Waals surface area contributed by atoms with E-state index in [1.807, 2.05) is 43.3 Å². The molecule has 0 unspecified atom stereocenters. The van der Waals surface area contributed by atoms with Crippen LogP contribution in [0, 0.1) is 3.57 Å². The predicted octanol–water partition coefficient (Wildman–Crippen LogP) is 6.98. The Labute approximate surface area is 248 Å². The van der Waals surface area contributed by atoms with Gasteiger partial charge in [0.1, 0.15) is 6.61 Å². The molecule has 2 aromatic carbocycles. The number of methoxy groups -OCH3 is 1. The zero-order valence-corrected chi connectivity index (χ0v) is 25.3. The van der Waals surface area contributed by atoms with E-state index in [4.69, 9.17) is 25.8 Å². The molecule has 206 valence electrons. The maximum absolute atomic E-state index is 13.5. The van der Waals surface area contributed by atoms with Gasteiger partial charge in [-0.15, -0.1) is 0 Å². The number of halogens is 2. The van der Waals surface area contributed by atoms with E-state index >= 15 is 0 Å². The third-order valence-corrected chi connectivity index (χ3v) is 8.58. The number of hydrogen-bond donors (Lipinski definition) is 0. The van der Waals surface area contributed by atoms with E-state index in [1.54, 1.807) is 7.11 Å². The van der Waals surface area contributed by atoms with Gasteiger partial charge >= 0.3 is 0 Å². The zero-order chi connectivity index (χ0) is 27.5. The lowest BCUT2D eigenvalue weighted by atomic mass is 9.71. The van der Waals surface area contributed by atoms with Crippen molar-refractivity contribution in [2.24, 2.45) is 0 Å². The number of allylic oxidation sites excluding steroid dienone is 4. The number of benzene rings is 2. The Kier molecular flexibility index (Phi) is 8.99. The minimum absolute atomic E-state index is 0.128. The van der Waals surface area contributed by atoms with Crippen LogP contribution in [0.25, 0.3) is 0 Å². The molecule has 2 aromatic rings. The van der Waals surface area contributed by atoms with Crippen molar-refractivity contribution in [3.8, 4) is 11.5 Å². The van der Waals surface area contributed by atoms with Gasteiger partial charge in [-0.3, -0.25) is 9.59 Å². The monoisotopic (exact) mass is 661 g/mol. The molecule has 0 fully saturated rings. The summed E-state index contributed by atoms with van der Waals surface area (Å²) in [5, 5.41) is 0.658. The highest BCUT2D eigenvalue weighted by Gasteiger charge is 2.43. The van der Waals surface area contributed by atoms with Crippen molar-refractivity contribution in [2.75, 3.05) is 26.9 Å². The third-order valence-electron chi connectivity index (χ3n) is 7.54. The van der Waals surface area contributed by atoms with Crippen molar-refractivity contribution in [3.63, 3.8) is 0 Å². The van der Waals surface area contributed by atoms with Gasteiger partial charge in [0, 0.05) is 60.0 Å². The number of ketones is 2. The first-order valence-electron chi connectivity index (χ1n) is 13.5. The lowest BCUT2D eigenvalue weighted by Crippen LogP contribution is -2.40. The Morgan fingerprint density at radius 1 is 0.974 bits per heavy atom. The number of hydrogen-bond acceptors (Lipinski definition) is 6. The van der Waals surface area contributed by atoms with E-state index in [0.717, 1.165) is 62.9 Å². The number of carbonyl (C=O) groups excluding carboxylic acids is 2. The van der Waals surface area contributed by atoms with E-state index < -0.39 is 5.92 Å². The fraction of sp³-hybridized carbons (Fsp3) is 0.419. The van der Waals surface area contributed by atoms with Crippen molar-refractivity contribution >= 4 is 45.8 Å². The molecular weight excluding hydrogens is 629 g/mol. The van der Waals surface area contributed by atoms with Crippen LogP contribution in [-0.2, 0) is 20.9 Å². The van der Waals surface area contributed by atoms with Crippen molar-refractivity contribution < 1.29 is 23.8 Å². The first kappa shape index (κ1) is 28.2. The summed E-state index contributed by atoms with van der Waals surface area (Å²) in [6, 6.07) is 11.6. The quantitative estimate of drug-likeness (QED) is 0.270. The summed E-state index contributed by atoms with van der Waals surface area (Å²) in [5.41, 5.74) is 5.48. The molecule has 2 aliphatic carbocycles. The Morgan fingerprint density at radius 2 is 1.67 bits per heavy atom. The van der Waals surface area contributed by atoms with Crippen LogP contribution in [0.4, 0.5) is 0 Å². The van der Waals surface area contributed by atoms with E-state index in [-0.39, 0.29) is 11.6 Å². The van der Waals surface area contributed by atoms with Gasteiger partial charge in [0.25, 0.3) is 0 Å². The Hall–Kier alpha value is -2.36. The third kappa shape index (κ3) is 5.77. The van der Waals surface area contributed by atoms with E-state index in [0.29, 0.717) is 55.7 Å². The maximum Gasteiger partial charge on any atom is 0.174 e. The highest BCUT2D eigenvalue weighted by Crippen LogP contribution is 2.50. The SMILES string of the molecule is CCOc1cc(C2C3=C(CCCC3=O)N(CCOC)C3=C2C(=O)CCC3)cc(I)c1OCc1cccc(Cl)c1. The highest BCUT2D eigenvalue weighted by atomic mass is 127. The number of ether oxygens (including phenoxy) is 3. The standard InChI is InChI=1S/C31H33ClINO5/c1-3-38-27-17-20(16-22(33)31(27)39-18-19-7-4-8-21(32)15-19)28-29-23(9-5-11-25(29)35)34(13-14-37-2)24-10-6-12-26(36)30(24)28/h4,7-8,15-17,28H,3,5-6,9-14,18H2,1-2H3. The van der Waals surface area contributed by atoms with Gasteiger partial charge in [-0.2, -0.15) is 0 Å². The van der Waals surface area contributed by atoms with Crippen LogP contribution in [-0.4, -0.2) is 43.3 Å². The first-order chi connectivity index (χ1) is 18.9. The molecule has 0 radical (unpaired) electrons. The van der Waals surface area contributed by atoms with Crippen molar-refractivity contribution in [2.45, 2.75) is 58.0 Å². The first-order valence-corrected chi connectivity index (χ1v) is 15.0. The van der Waals surface area contributed by atoms with Gasteiger partial charge in [0.05, 0.1) is 16.8 Å². The van der Waals surface area contributed by atoms with Crippen molar-refractivity contribution in [1.82, 2.24) is 4.90 Å². The summed E-state index contributed by atoms with van der Waals surface area (Å²) < 4.78 is 18.6. The Morgan fingerprint density at radius 3 is 2.28 bits per heavy atom. The second-order valence-corrected chi connectivity index (χ2v) is 11.6. The molecule has 0 saturated heterocycles. The van der Waals surface area contributed by atoms with E-state index in [2.05, 4.69) is 27.5 Å². The van der Waals surface area contributed by atoms with Crippen LogP contribution in [0.5, 0.6) is 11.5 Å². The summed E-state index contributed by atoms with van der Waals surface area (Å²) in [4.78, 5) is 29.3. The molecule has 6 nitrogen and oxygen atoms in total. The van der Waals surface area contributed by atoms with Crippen LogP contribution in [0.2, 0.25) is 5.02 Å². The van der Waals surface area contributed by atoms with E-state index in [1.165, 1.54) is 0 Å². The lowest BCUT2D eigenvalue weighted by molar-refractivity contribution is -0.117. The number of rotatable bonds is 9. The zero-order valence-electron chi connectivity index (χ0n) is 22.4. The molecule has 0 aromatic heterocycles. The second-order valence-electron chi connectivity index (χ2n) is 10.0. The fourth-order valence-corrected chi connectivity index (χ4v) is 6.94. The smallest absolute Gasteiger partial charge is 0.174 e. The van der Waals surface area contributed by atoms with Crippen LogP contribution >= 0.6 is 34.2 Å². The van der Waals surface area contributed by atoms with Gasteiger partial charge in [0.15, 0.2) is 23.1 Å². The Balaban J connectivity index is 1.60. The predicted molar refractivity (Wildman–Crippen MR) is 159 cm³/mol. The average Bonchev–Trinajstić information content (AvgIpc) is 2.91. The fourth-order valence-electron chi connectivity index (χ4n) is 5.94. The van der Waals surface area contributed by atoms with Crippen LogP contribution in [0.1, 0.15) is 62.5 Å². The normalized spacial score (nSPS) is 17.9. The second kappa shape index (κ2) is 12.4. The van der Waals surface area contributed by atoms with Crippen LogP contribution in [0.3, 0.4) is 0 Å². The molecular formula is C31H33ClINO5. The topological polar surface area (TPSA) is 65.1 Å². The highest BCUT2D eigenvalue weighted by molar-refractivity contribution is 14.1. The molecule has 0 spiro atoms. The molecule has 0 bridgehead atoms. The summed E-state index contributed by atoms with van der Waals surface area (Å²) in [7, 11) is 1.68. The number of Topliss-reactive ketones (excluding diaryl/α,β-unsaturated/α-hetero) is 2. The molecule has 0 N–H and O–H groups in total. The molecule has 5 rings (SSSR count). The minimum atomic E-state index is -0.399. The summed E-state index contributed by atoms with van der Waals surface area (Å²) >= 11 is 8.43. The lowest BCUT2D eigenvalue weighted by Gasteiger charge is -2.44. The van der Waals surface area contributed by atoms with Crippen molar-refractivity contribution in [1.29, 1.82) is 0 Å². The van der Waals surface area contributed by atoms with Crippen LogP contribution in [0.15, 0.2) is 58.9 Å².